The molecule has 0 aliphatic heterocycles. The molecule has 2 N–H and O–H groups in total. The lowest BCUT2D eigenvalue weighted by molar-refractivity contribution is -0.141. The lowest BCUT2D eigenvalue weighted by Gasteiger charge is -2.15. The Kier molecular flexibility index (Phi) is 2.51. The van der Waals surface area contributed by atoms with E-state index in [0.717, 1.165) is 0 Å². The van der Waals surface area contributed by atoms with Gasteiger partial charge in [0.2, 0.25) is 6.41 Å². The van der Waals surface area contributed by atoms with Crippen LogP contribution < -0.4 is 5.32 Å². The molecule has 5 heteroatoms. The molecule has 1 unspecified atom stereocenters. The maximum atomic E-state index is 10.1. The Balaban J connectivity index is 4.00. The summed E-state index contributed by atoms with van der Waals surface area (Å²) in [5, 5.41) is 10.3. The standard InChI is InChI=1S/C4H7NO3S/c1-4(9,3(7)8)5-2-6/h2,9H,1H3,(H,5,6)(H,7,8). The van der Waals surface area contributed by atoms with E-state index in [4.69, 9.17) is 5.11 Å². The van der Waals surface area contributed by atoms with Crippen LogP contribution in [-0.2, 0) is 9.59 Å². The zero-order chi connectivity index (χ0) is 7.49. The highest BCUT2D eigenvalue weighted by Gasteiger charge is 2.26. The Hall–Kier alpha value is -0.710. The van der Waals surface area contributed by atoms with Crippen molar-refractivity contribution in [2.75, 3.05) is 0 Å². The number of thiol groups is 1. The number of carbonyl (C=O) groups excluding carboxylic acids is 1. The average Bonchev–Trinajstić information content (AvgIpc) is 1.65. The summed E-state index contributed by atoms with van der Waals surface area (Å²) in [4.78, 5) is 18.4. The zero-order valence-electron chi connectivity index (χ0n) is 4.79. The molecule has 1 atom stereocenters. The number of hydrogen-bond donors (Lipinski definition) is 3. The van der Waals surface area contributed by atoms with E-state index in [0.29, 0.717) is 6.41 Å². The summed E-state index contributed by atoms with van der Waals surface area (Å²) < 4.78 is 0. The molecular formula is C4H7NO3S. The fraction of sp³-hybridized carbons (Fsp3) is 0.500. The number of aliphatic carboxylic acids is 1. The molecule has 0 heterocycles. The molecule has 0 aliphatic rings. The molecule has 0 saturated heterocycles. The maximum absolute atomic E-state index is 10.1. The van der Waals surface area contributed by atoms with Crippen molar-refractivity contribution in [2.24, 2.45) is 0 Å². The Morgan fingerprint density at radius 1 is 1.89 bits per heavy atom. The van der Waals surface area contributed by atoms with Crippen molar-refractivity contribution < 1.29 is 14.7 Å². The third kappa shape index (κ3) is 2.36. The number of carboxylic acid groups (broad SMARTS) is 1. The fourth-order valence-corrected chi connectivity index (χ4v) is 0.229. The topological polar surface area (TPSA) is 66.4 Å². The van der Waals surface area contributed by atoms with Crippen LogP contribution >= 0.6 is 12.6 Å². The third-order valence-corrected chi connectivity index (χ3v) is 1.08. The highest BCUT2D eigenvalue weighted by Crippen LogP contribution is 2.06. The van der Waals surface area contributed by atoms with Gasteiger partial charge >= 0.3 is 5.97 Å². The molecule has 0 aliphatic carbocycles. The zero-order valence-corrected chi connectivity index (χ0v) is 5.68. The van der Waals surface area contributed by atoms with Crippen molar-refractivity contribution in [3.05, 3.63) is 0 Å². The van der Waals surface area contributed by atoms with Crippen LogP contribution in [0.15, 0.2) is 0 Å². The van der Waals surface area contributed by atoms with Gasteiger partial charge in [-0.3, -0.25) is 4.79 Å². The van der Waals surface area contributed by atoms with E-state index in [1.807, 2.05) is 5.32 Å². The smallest absolute Gasteiger partial charge is 0.339 e. The quantitative estimate of drug-likeness (QED) is 0.287. The van der Waals surface area contributed by atoms with E-state index in [-0.39, 0.29) is 0 Å². The molecule has 1 amide bonds. The Bertz CT molecular complexity index is 134. The van der Waals surface area contributed by atoms with E-state index in [1.54, 1.807) is 0 Å². The normalized spacial score (nSPS) is 15.8. The molecule has 0 fully saturated rings. The molecule has 0 bridgehead atoms. The van der Waals surface area contributed by atoms with Crippen LogP contribution in [-0.4, -0.2) is 22.4 Å². The lowest BCUT2D eigenvalue weighted by atomic mass is 10.3. The molecule has 0 rings (SSSR count). The van der Waals surface area contributed by atoms with Crippen molar-refractivity contribution in [3.8, 4) is 0 Å². The van der Waals surface area contributed by atoms with Crippen molar-refractivity contribution in [3.63, 3.8) is 0 Å². The number of carboxylic acids is 1. The highest BCUT2D eigenvalue weighted by atomic mass is 32.1. The van der Waals surface area contributed by atoms with Crippen molar-refractivity contribution in [2.45, 2.75) is 11.8 Å². The van der Waals surface area contributed by atoms with Gasteiger partial charge in [-0.05, 0) is 6.92 Å². The first-order valence-electron chi connectivity index (χ1n) is 2.18. The van der Waals surface area contributed by atoms with Gasteiger partial charge in [-0.25, -0.2) is 4.79 Å². The predicted octanol–water partition coefficient (Wildman–Crippen LogP) is -0.537. The number of carbonyl (C=O) groups is 2. The summed E-state index contributed by atoms with van der Waals surface area (Å²) in [5.74, 6) is -1.18. The van der Waals surface area contributed by atoms with Gasteiger partial charge in [0.05, 0.1) is 0 Å². The Morgan fingerprint density at radius 2 is 2.33 bits per heavy atom. The fourth-order valence-electron chi connectivity index (χ4n) is 0.176. The maximum Gasteiger partial charge on any atom is 0.339 e. The van der Waals surface area contributed by atoms with Crippen LogP contribution in [0.25, 0.3) is 0 Å². The minimum atomic E-state index is -1.46. The molecule has 0 radical (unpaired) electrons. The molecule has 0 aromatic carbocycles. The molecule has 4 nitrogen and oxygen atoms in total. The van der Waals surface area contributed by atoms with Crippen LogP contribution in [0.2, 0.25) is 0 Å². The van der Waals surface area contributed by atoms with Crippen molar-refractivity contribution in [1.29, 1.82) is 0 Å². The third-order valence-electron chi connectivity index (χ3n) is 0.756. The molecule has 0 aromatic heterocycles. The van der Waals surface area contributed by atoms with Gasteiger partial charge in [0.25, 0.3) is 0 Å². The minimum Gasteiger partial charge on any atom is -0.479 e. The van der Waals surface area contributed by atoms with Gasteiger partial charge in [0, 0.05) is 0 Å². The second-order valence-corrected chi connectivity index (χ2v) is 2.53. The second-order valence-electron chi connectivity index (χ2n) is 1.64. The van der Waals surface area contributed by atoms with Crippen LogP contribution in [0.1, 0.15) is 6.92 Å². The first-order chi connectivity index (χ1) is 4.00. The van der Waals surface area contributed by atoms with E-state index < -0.39 is 10.8 Å². The van der Waals surface area contributed by atoms with Gasteiger partial charge in [0.15, 0.2) is 4.87 Å². The summed E-state index contributed by atoms with van der Waals surface area (Å²) in [6.45, 7) is 1.27. The lowest BCUT2D eigenvalue weighted by Crippen LogP contribution is -2.43. The monoisotopic (exact) mass is 149 g/mol. The van der Waals surface area contributed by atoms with Crippen molar-refractivity contribution >= 4 is 25.0 Å². The second kappa shape index (κ2) is 2.72. The van der Waals surface area contributed by atoms with Gasteiger partial charge in [0.1, 0.15) is 0 Å². The molecule has 0 saturated carbocycles. The summed E-state index contributed by atoms with van der Waals surface area (Å²) in [6.07, 6.45) is 0.293. The van der Waals surface area contributed by atoms with Crippen LogP contribution in [0.4, 0.5) is 0 Å². The SMILES string of the molecule is CC(S)(NC=O)C(=O)O. The summed E-state index contributed by atoms with van der Waals surface area (Å²) in [6, 6.07) is 0. The Morgan fingerprint density at radius 3 is 2.44 bits per heavy atom. The van der Waals surface area contributed by atoms with Gasteiger partial charge < -0.3 is 10.4 Å². The highest BCUT2D eigenvalue weighted by molar-refractivity contribution is 7.82. The van der Waals surface area contributed by atoms with Gasteiger partial charge in [-0.2, -0.15) is 0 Å². The van der Waals surface area contributed by atoms with E-state index >= 15 is 0 Å². The van der Waals surface area contributed by atoms with Crippen LogP contribution in [0.3, 0.4) is 0 Å². The first kappa shape index (κ1) is 8.29. The summed E-state index contributed by atoms with van der Waals surface area (Å²) in [7, 11) is 0. The predicted molar refractivity (Wildman–Crippen MR) is 34.2 cm³/mol. The Labute approximate surface area is 57.7 Å². The van der Waals surface area contributed by atoms with E-state index in [1.165, 1.54) is 6.92 Å². The van der Waals surface area contributed by atoms with Crippen LogP contribution in [0, 0.1) is 0 Å². The number of amides is 1. The molecule has 0 aromatic rings. The average molecular weight is 149 g/mol. The van der Waals surface area contributed by atoms with Crippen LogP contribution in [0.5, 0.6) is 0 Å². The summed E-state index contributed by atoms with van der Waals surface area (Å²) in [5.41, 5.74) is 0. The molecule has 9 heavy (non-hydrogen) atoms. The summed E-state index contributed by atoms with van der Waals surface area (Å²) >= 11 is 3.62. The van der Waals surface area contributed by atoms with E-state index in [9.17, 15) is 9.59 Å². The largest absolute Gasteiger partial charge is 0.479 e. The molecule has 0 spiro atoms. The van der Waals surface area contributed by atoms with Gasteiger partial charge in [-0.1, -0.05) is 0 Å². The minimum absolute atomic E-state index is 0.293. The number of rotatable bonds is 3. The van der Waals surface area contributed by atoms with E-state index in [2.05, 4.69) is 12.6 Å². The first-order valence-corrected chi connectivity index (χ1v) is 2.62. The van der Waals surface area contributed by atoms with Gasteiger partial charge in [-0.15, -0.1) is 12.6 Å². The number of nitrogens with one attached hydrogen (secondary N) is 1. The number of hydrogen-bond acceptors (Lipinski definition) is 3. The van der Waals surface area contributed by atoms with Crippen molar-refractivity contribution in [1.82, 2.24) is 5.32 Å². The molecular weight excluding hydrogens is 142 g/mol. The molecule has 52 valence electrons.